The lowest BCUT2D eigenvalue weighted by Gasteiger charge is -2.23. The molecule has 0 amide bonds. The van der Waals surface area contributed by atoms with E-state index in [0.29, 0.717) is 12.0 Å². The third-order valence-corrected chi connectivity index (χ3v) is 3.71. The van der Waals surface area contributed by atoms with Crippen LogP contribution in [0.3, 0.4) is 0 Å². The van der Waals surface area contributed by atoms with Gasteiger partial charge in [-0.25, -0.2) is 0 Å². The molecule has 2 rings (SSSR count). The number of nitrogens with one attached hydrogen (secondary N) is 1. The molecule has 1 aromatic heterocycles. The van der Waals surface area contributed by atoms with Gasteiger partial charge in [-0.1, -0.05) is 26.8 Å². The van der Waals surface area contributed by atoms with Gasteiger partial charge in [-0.15, -0.1) is 0 Å². The summed E-state index contributed by atoms with van der Waals surface area (Å²) >= 11 is 0. The first-order chi connectivity index (χ1) is 10.1. The van der Waals surface area contributed by atoms with E-state index in [9.17, 15) is 0 Å². The summed E-state index contributed by atoms with van der Waals surface area (Å²) in [7, 11) is 0. The molecule has 1 aromatic carbocycles. The molecule has 0 unspecified atom stereocenters. The topological polar surface area (TPSA) is 34.1 Å². The summed E-state index contributed by atoms with van der Waals surface area (Å²) in [5.41, 5.74) is 2.52. The van der Waals surface area contributed by atoms with Crippen LogP contribution in [0.1, 0.15) is 32.8 Å². The molecule has 21 heavy (non-hydrogen) atoms. The minimum absolute atomic E-state index is 0.315. The van der Waals surface area contributed by atoms with Gasteiger partial charge in [0.2, 0.25) is 0 Å². The van der Waals surface area contributed by atoms with Crippen molar-refractivity contribution >= 4 is 5.69 Å². The largest absolute Gasteiger partial charge is 0.489 e. The number of aromatic nitrogens is 1. The summed E-state index contributed by atoms with van der Waals surface area (Å²) in [6, 6.07) is 12.0. The minimum atomic E-state index is 0.315. The molecule has 0 saturated carbocycles. The molecular formula is C18H24N2O. The van der Waals surface area contributed by atoms with Crippen LogP contribution in [0.15, 0.2) is 48.8 Å². The van der Waals surface area contributed by atoms with Gasteiger partial charge in [-0.3, -0.25) is 4.98 Å². The Labute approximate surface area is 127 Å². The van der Waals surface area contributed by atoms with Crippen LogP contribution in [0.25, 0.3) is 0 Å². The minimum Gasteiger partial charge on any atom is -0.489 e. The summed E-state index contributed by atoms with van der Waals surface area (Å²) < 4.78 is 5.75. The number of ether oxygens (including phenoxy) is 1. The molecule has 0 bridgehead atoms. The molecule has 0 radical (unpaired) electrons. The van der Waals surface area contributed by atoms with Crippen molar-refractivity contribution in [1.29, 1.82) is 0 Å². The second-order valence-electron chi connectivity index (χ2n) is 6.05. The van der Waals surface area contributed by atoms with Crippen molar-refractivity contribution in [3.8, 4) is 5.75 Å². The normalized spacial score (nSPS) is 11.2. The van der Waals surface area contributed by atoms with Gasteiger partial charge < -0.3 is 10.1 Å². The zero-order valence-corrected chi connectivity index (χ0v) is 13.1. The fraction of sp³-hybridized carbons (Fsp3) is 0.389. The van der Waals surface area contributed by atoms with Gasteiger partial charge in [0, 0.05) is 30.2 Å². The number of hydrogen-bond acceptors (Lipinski definition) is 3. The lowest BCUT2D eigenvalue weighted by atomic mass is 9.90. The monoisotopic (exact) mass is 284 g/mol. The fourth-order valence-electron chi connectivity index (χ4n) is 1.79. The predicted octanol–water partition coefficient (Wildman–Crippen LogP) is 4.51. The molecule has 2 aromatic rings. The Hall–Kier alpha value is -2.03. The number of anilines is 1. The van der Waals surface area contributed by atoms with E-state index in [1.54, 1.807) is 6.20 Å². The van der Waals surface area contributed by atoms with E-state index in [1.807, 2.05) is 30.5 Å². The van der Waals surface area contributed by atoms with E-state index in [1.165, 1.54) is 0 Å². The predicted molar refractivity (Wildman–Crippen MR) is 87.6 cm³/mol. The van der Waals surface area contributed by atoms with Crippen LogP contribution in [-0.2, 0) is 6.61 Å². The maximum Gasteiger partial charge on any atom is 0.119 e. The molecule has 1 N–H and O–H groups in total. The zero-order valence-electron chi connectivity index (χ0n) is 13.1. The molecule has 1 heterocycles. The van der Waals surface area contributed by atoms with Crippen molar-refractivity contribution in [3.63, 3.8) is 0 Å². The summed E-state index contributed by atoms with van der Waals surface area (Å²) in [5, 5.41) is 3.47. The Morgan fingerprint density at radius 3 is 2.52 bits per heavy atom. The molecule has 0 spiro atoms. The first-order valence-corrected chi connectivity index (χ1v) is 7.45. The molecule has 0 aliphatic heterocycles. The maximum atomic E-state index is 5.75. The smallest absolute Gasteiger partial charge is 0.119 e. The summed E-state index contributed by atoms with van der Waals surface area (Å²) in [5.74, 6) is 0.874. The maximum absolute atomic E-state index is 5.75. The van der Waals surface area contributed by atoms with E-state index in [0.717, 1.165) is 30.0 Å². The summed E-state index contributed by atoms with van der Waals surface area (Å²) in [6.45, 7) is 8.27. The Kier molecular flexibility index (Phi) is 5.20. The Morgan fingerprint density at radius 1 is 1.14 bits per heavy atom. The third kappa shape index (κ3) is 5.10. The average molecular weight is 284 g/mol. The van der Waals surface area contributed by atoms with Crippen molar-refractivity contribution in [3.05, 3.63) is 54.4 Å². The van der Waals surface area contributed by atoms with Gasteiger partial charge in [0.1, 0.15) is 12.4 Å². The standard InChI is InChI=1S/C18H24N2O/c1-4-18(2,3)14-20-16-7-9-17(10-8-16)21-13-15-6-5-11-19-12-15/h5-12,20H,4,13-14H2,1-3H3. The number of hydrogen-bond donors (Lipinski definition) is 1. The van der Waals surface area contributed by atoms with Gasteiger partial charge in [-0.05, 0) is 42.2 Å². The highest BCUT2D eigenvalue weighted by Gasteiger charge is 2.14. The second kappa shape index (κ2) is 7.11. The van der Waals surface area contributed by atoms with Gasteiger partial charge in [-0.2, -0.15) is 0 Å². The van der Waals surface area contributed by atoms with Gasteiger partial charge in [0.05, 0.1) is 0 Å². The lowest BCUT2D eigenvalue weighted by molar-refractivity contribution is 0.306. The summed E-state index contributed by atoms with van der Waals surface area (Å²) in [6.07, 6.45) is 4.75. The Morgan fingerprint density at radius 2 is 1.90 bits per heavy atom. The molecule has 3 heteroatoms. The molecular weight excluding hydrogens is 260 g/mol. The number of nitrogens with zero attached hydrogens (tertiary/aromatic N) is 1. The molecule has 0 atom stereocenters. The van der Waals surface area contributed by atoms with Crippen molar-refractivity contribution in [2.45, 2.75) is 33.8 Å². The first kappa shape index (κ1) is 15.4. The Bertz CT molecular complexity index is 535. The van der Waals surface area contributed by atoms with Crippen LogP contribution < -0.4 is 10.1 Å². The Balaban J connectivity index is 1.84. The van der Waals surface area contributed by atoms with Crippen molar-refractivity contribution in [2.75, 3.05) is 11.9 Å². The third-order valence-electron chi connectivity index (χ3n) is 3.71. The van der Waals surface area contributed by atoms with E-state index in [2.05, 4.69) is 43.2 Å². The summed E-state index contributed by atoms with van der Waals surface area (Å²) in [4.78, 5) is 4.08. The van der Waals surface area contributed by atoms with Gasteiger partial charge >= 0.3 is 0 Å². The van der Waals surface area contributed by atoms with E-state index in [-0.39, 0.29) is 0 Å². The lowest BCUT2D eigenvalue weighted by Crippen LogP contribution is -2.21. The highest BCUT2D eigenvalue weighted by Crippen LogP contribution is 2.22. The highest BCUT2D eigenvalue weighted by atomic mass is 16.5. The van der Waals surface area contributed by atoms with Crippen molar-refractivity contribution in [2.24, 2.45) is 5.41 Å². The first-order valence-electron chi connectivity index (χ1n) is 7.45. The van der Waals surface area contributed by atoms with Gasteiger partial charge in [0.15, 0.2) is 0 Å². The number of pyridine rings is 1. The van der Waals surface area contributed by atoms with Gasteiger partial charge in [0.25, 0.3) is 0 Å². The fourth-order valence-corrected chi connectivity index (χ4v) is 1.79. The number of benzene rings is 1. The van der Waals surface area contributed by atoms with Crippen LogP contribution in [-0.4, -0.2) is 11.5 Å². The molecule has 0 aliphatic carbocycles. The molecule has 0 aliphatic rings. The van der Waals surface area contributed by atoms with Crippen LogP contribution >= 0.6 is 0 Å². The SMILES string of the molecule is CCC(C)(C)CNc1ccc(OCc2cccnc2)cc1. The molecule has 0 fully saturated rings. The van der Waals surface area contributed by atoms with Crippen molar-refractivity contribution in [1.82, 2.24) is 4.98 Å². The number of rotatable bonds is 7. The molecule has 112 valence electrons. The van der Waals surface area contributed by atoms with E-state index < -0.39 is 0 Å². The van der Waals surface area contributed by atoms with E-state index in [4.69, 9.17) is 4.74 Å². The zero-order chi connectivity index (χ0) is 15.1. The van der Waals surface area contributed by atoms with Crippen LogP contribution in [0.2, 0.25) is 0 Å². The second-order valence-corrected chi connectivity index (χ2v) is 6.05. The van der Waals surface area contributed by atoms with E-state index >= 15 is 0 Å². The molecule has 3 nitrogen and oxygen atoms in total. The highest BCUT2D eigenvalue weighted by molar-refractivity contribution is 5.46. The average Bonchev–Trinajstić information content (AvgIpc) is 2.53. The van der Waals surface area contributed by atoms with Crippen LogP contribution in [0.4, 0.5) is 5.69 Å². The van der Waals surface area contributed by atoms with Crippen LogP contribution in [0.5, 0.6) is 5.75 Å². The quantitative estimate of drug-likeness (QED) is 0.812. The van der Waals surface area contributed by atoms with Crippen LogP contribution in [0, 0.1) is 5.41 Å². The van der Waals surface area contributed by atoms with Crippen molar-refractivity contribution < 1.29 is 4.74 Å². The molecule has 0 saturated heterocycles.